The molecule has 0 fully saturated rings. The molecule has 2 atom stereocenters. The second-order valence-corrected chi connectivity index (χ2v) is 8.07. The van der Waals surface area contributed by atoms with Crippen LogP contribution in [0.3, 0.4) is 0 Å². The molecule has 0 heterocycles. The van der Waals surface area contributed by atoms with Crippen molar-refractivity contribution in [1.29, 1.82) is 0 Å². The van der Waals surface area contributed by atoms with Crippen molar-refractivity contribution >= 4 is 0 Å². The topological polar surface area (TPSA) is 6.48 Å². The van der Waals surface area contributed by atoms with Crippen LogP contribution >= 0.6 is 0 Å². The zero-order chi connectivity index (χ0) is 20.6. The minimum absolute atomic E-state index is 0.406. The van der Waals surface area contributed by atoms with E-state index in [4.69, 9.17) is 0 Å². The predicted octanol–water partition coefficient (Wildman–Crippen LogP) is 6.11. The Morgan fingerprint density at radius 3 is 1.72 bits per heavy atom. The first-order valence-corrected chi connectivity index (χ1v) is 10.7. The number of benzene rings is 3. The van der Waals surface area contributed by atoms with Gasteiger partial charge in [0, 0.05) is 12.5 Å². The monoisotopic (exact) mass is 386 g/mol. The molecule has 3 aromatic rings. The van der Waals surface area contributed by atoms with E-state index in [1.54, 1.807) is 0 Å². The number of hydrogen-bond acceptors (Lipinski definition) is 2. The number of hydrogen-bond donors (Lipinski definition) is 0. The van der Waals surface area contributed by atoms with E-state index in [9.17, 15) is 0 Å². The molecule has 152 valence electrons. The van der Waals surface area contributed by atoms with Crippen LogP contribution in [0, 0.1) is 0 Å². The Hall–Kier alpha value is -2.42. The van der Waals surface area contributed by atoms with Gasteiger partial charge in [-0.1, -0.05) is 91.9 Å². The highest BCUT2D eigenvalue weighted by atomic mass is 15.3. The minimum Gasteiger partial charge on any atom is -0.294 e. The third kappa shape index (κ3) is 5.56. The molecule has 0 saturated heterocycles. The van der Waals surface area contributed by atoms with Crippen molar-refractivity contribution in [3.63, 3.8) is 0 Å². The van der Waals surface area contributed by atoms with Gasteiger partial charge >= 0.3 is 0 Å². The summed E-state index contributed by atoms with van der Waals surface area (Å²) in [6.07, 6.45) is 2.72. The van der Waals surface area contributed by atoms with Crippen molar-refractivity contribution in [2.45, 2.75) is 31.8 Å². The highest BCUT2D eigenvalue weighted by molar-refractivity contribution is 5.63. The first-order valence-electron chi connectivity index (χ1n) is 10.7. The van der Waals surface area contributed by atoms with Crippen LogP contribution in [0.2, 0.25) is 0 Å². The predicted molar refractivity (Wildman–Crippen MR) is 125 cm³/mol. The summed E-state index contributed by atoms with van der Waals surface area (Å²) in [6, 6.07) is 30.7. The van der Waals surface area contributed by atoms with Gasteiger partial charge in [-0.3, -0.25) is 9.80 Å². The average Bonchev–Trinajstić information content (AvgIpc) is 2.76. The molecular weight excluding hydrogens is 352 g/mol. The van der Waals surface area contributed by atoms with Crippen LogP contribution in [0.25, 0.3) is 11.1 Å². The Kier molecular flexibility index (Phi) is 7.62. The van der Waals surface area contributed by atoms with Crippen LogP contribution in [0.5, 0.6) is 0 Å². The van der Waals surface area contributed by atoms with Crippen molar-refractivity contribution in [1.82, 2.24) is 9.80 Å². The van der Waals surface area contributed by atoms with Gasteiger partial charge in [-0.05, 0) is 56.2 Å². The molecule has 29 heavy (non-hydrogen) atoms. The molecule has 0 amide bonds. The van der Waals surface area contributed by atoms with Crippen LogP contribution in [0.15, 0.2) is 84.9 Å². The molecule has 0 aliphatic carbocycles. The molecular formula is C27H34N2. The fraction of sp³-hybridized carbons (Fsp3) is 0.333. The lowest BCUT2D eigenvalue weighted by Gasteiger charge is -2.33. The summed E-state index contributed by atoms with van der Waals surface area (Å²) in [6.45, 7) is 3.33. The van der Waals surface area contributed by atoms with Gasteiger partial charge < -0.3 is 0 Å². The summed E-state index contributed by atoms with van der Waals surface area (Å²) in [5, 5.41) is 0. The lowest BCUT2D eigenvalue weighted by Crippen LogP contribution is -2.42. The summed E-state index contributed by atoms with van der Waals surface area (Å²) >= 11 is 0. The van der Waals surface area contributed by atoms with Crippen molar-refractivity contribution in [3.8, 4) is 11.1 Å². The van der Waals surface area contributed by atoms with Crippen molar-refractivity contribution < 1.29 is 0 Å². The van der Waals surface area contributed by atoms with Crippen molar-refractivity contribution in [3.05, 3.63) is 96.1 Å². The highest BCUT2D eigenvalue weighted by Crippen LogP contribution is 2.30. The maximum absolute atomic E-state index is 2.48. The molecule has 2 unspecified atom stereocenters. The Morgan fingerprint density at radius 2 is 1.17 bits per heavy atom. The van der Waals surface area contributed by atoms with Crippen LogP contribution < -0.4 is 0 Å². The molecule has 0 N–H and O–H groups in total. The summed E-state index contributed by atoms with van der Waals surface area (Å²) in [4.78, 5) is 4.79. The lowest BCUT2D eigenvalue weighted by molar-refractivity contribution is 0.0983. The summed E-state index contributed by atoms with van der Waals surface area (Å²) in [7, 11) is 6.58. The Labute approximate surface area is 176 Å². The van der Waals surface area contributed by atoms with E-state index in [0.29, 0.717) is 12.1 Å². The van der Waals surface area contributed by atoms with E-state index in [0.717, 1.165) is 19.4 Å². The lowest BCUT2D eigenvalue weighted by atomic mass is 9.87. The van der Waals surface area contributed by atoms with Crippen LogP contribution in [-0.2, 0) is 0 Å². The Morgan fingerprint density at radius 1 is 0.655 bits per heavy atom. The molecule has 2 heteroatoms. The normalized spacial score (nSPS) is 13.6. The van der Waals surface area contributed by atoms with Crippen molar-refractivity contribution in [2.75, 3.05) is 27.7 Å². The third-order valence-electron chi connectivity index (χ3n) is 5.86. The van der Waals surface area contributed by atoms with Gasteiger partial charge in [-0.15, -0.1) is 0 Å². The SMILES string of the molecule is CCC(N(C)C)N(C)CCC(c1ccccc1)c1ccc(-c2ccccc2)cc1. The molecule has 0 spiro atoms. The van der Waals surface area contributed by atoms with Gasteiger partial charge in [-0.2, -0.15) is 0 Å². The molecule has 0 aromatic heterocycles. The van der Waals surface area contributed by atoms with Gasteiger partial charge in [0.1, 0.15) is 0 Å². The van der Waals surface area contributed by atoms with Crippen molar-refractivity contribution in [2.24, 2.45) is 0 Å². The van der Waals surface area contributed by atoms with Gasteiger partial charge in [0.25, 0.3) is 0 Å². The smallest absolute Gasteiger partial charge is 0.0612 e. The van der Waals surface area contributed by atoms with E-state index in [1.165, 1.54) is 22.3 Å². The standard InChI is InChI=1S/C27H34N2/c1-5-27(28(2)3)29(4)21-20-26(24-14-10-7-11-15-24)25-18-16-23(17-19-25)22-12-8-6-9-13-22/h6-19,26-27H,5,20-21H2,1-4H3. The second-order valence-electron chi connectivity index (χ2n) is 8.07. The summed E-state index contributed by atoms with van der Waals surface area (Å²) in [5.74, 6) is 0.406. The first-order chi connectivity index (χ1) is 14.1. The Balaban J connectivity index is 1.81. The molecule has 0 radical (unpaired) electrons. The number of nitrogens with zero attached hydrogens (tertiary/aromatic N) is 2. The van der Waals surface area contributed by atoms with Gasteiger partial charge in [0.15, 0.2) is 0 Å². The quantitative estimate of drug-likeness (QED) is 0.410. The van der Waals surface area contributed by atoms with Crippen LogP contribution in [0.1, 0.15) is 36.8 Å². The van der Waals surface area contributed by atoms with Gasteiger partial charge in [0.05, 0.1) is 6.17 Å². The maximum atomic E-state index is 2.48. The largest absolute Gasteiger partial charge is 0.294 e. The fourth-order valence-electron chi connectivity index (χ4n) is 4.30. The van der Waals surface area contributed by atoms with E-state index < -0.39 is 0 Å². The number of rotatable bonds is 9. The van der Waals surface area contributed by atoms with E-state index >= 15 is 0 Å². The Bertz CT molecular complexity index is 841. The average molecular weight is 387 g/mol. The molecule has 3 rings (SSSR count). The molecule has 0 aliphatic heterocycles. The highest BCUT2D eigenvalue weighted by Gasteiger charge is 2.19. The van der Waals surface area contributed by atoms with E-state index in [2.05, 4.69) is 123 Å². The van der Waals surface area contributed by atoms with Crippen LogP contribution in [0.4, 0.5) is 0 Å². The maximum Gasteiger partial charge on any atom is 0.0612 e. The fourth-order valence-corrected chi connectivity index (χ4v) is 4.30. The molecule has 0 bridgehead atoms. The van der Waals surface area contributed by atoms with E-state index in [1.807, 2.05) is 0 Å². The molecule has 2 nitrogen and oxygen atoms in total. The van der Waals surface area contributed by atoms with Gasteiger partial charge in [-0.25, -0.2) is 0 Å². The zero-order valence-corrected chi connectivity index (χ0v) is 18.3. The van der Waals surface area contributed by atoms with Crippen LogP contribution in [-0.4, -0.2) is 43.7 Å². The summed E-state index contributed by atoms with van der Waals surface area (Å²) in [5.41, 5.74) is 5.33. The third-order valence-corrected chi connectivity index (χ3v) is 5.86. The minimum atomic E-state index is 0.406. The molecule has 0 aliphatic rings. The van der Waals surface area contributed by atoms with Gasteiger partial charge in [0.2, 0.25) is 0 Å². The molecule has 3 aromatic carbocycles. The summed E-state index contributed by atoms with van der Waals surface area (Å²) < 4.78 is 0. The second kappa shape index (κ2) is 10.4. The first kappa shape index (κ1) is 21.3. The molecule has 0 saturated carbocycles. The van der Waals surface area contributed by atoms with E-state index in [-0.39, 0.29) is 0 Å². The zero-order valence-electron chi connectivity index (χ0n) is 18.3.